The maximum absolute atomic E-state index is 12.4. The summed E-state index contributed by atoms with van der Waals surface area (Å²) in [5, 5.41) is 3.32. The Morgan fingerprint density at radius 2 is 1.89 bits per heavy atom. The Hall–Kier alpha value is -0.570. The monoisotopic (exact) mass is 252 g/mol. The number of amides is 1. The molecule has 0 aromatic heterocycles. The third kappa shape index (κ3) is 3.25. The molecule has 0 spiro atoms. The Balaban J connectivity index is 1.87. The van der Waals surface area contributed by atoms with Crippen LogP contribution in [0.25, 0.3) is 0 Å². The zero-order chi connectivity index (χ0) is 13.2. The maximum atomic E-state index is 12.4. The molecule has 0 heterocycles. The van der Waals surface area contributed by atoms with Crippen molar-refractivity contribution in [3.05, 3.63) is 0 Å². The third-order valence-corrected chi connectivity index (χ3v) is 4.99. The number of hydrogen-bond donors (Lipinski definition) is 2. The van der Waals surface area contributed by atoms with Crippen molar-refractivity contribution < 1.29 is 4.79 Å². The van der Waals surface area contributed by atoms with Crippen molar-refractivity contribution in [2.45, 2.75) is 76.8 Å². The summed E-state index contributed by atoms with van der Waals surface area (Å²) in [6.45, 7) is 4.38. The van der Waals surface area contributed by atoms with Gasteiger partial charge in [0, 0.05) is 17.5 Å². The zero-order valence-electron chi connectivity index (χ0n) is 11.9. The molecule has 0 radical (unpaired) electrons. The van der Waals surface area contributed by atoms with Crippen molar-refractivity contribution in [2.24, 2.45) is 17.6 Å². The van der Waals surface area contributed by atoms with E-state index >= 15 is 0 Å². The van der Waals surface area contributed by atoms with Crippen LogP contribution in [0.1, 0.15) is 65.2 Å². The Labute approximate surface area is 111 Å². The molecule has 2 fully saturated rings. The molecule has 0 aliphatic heterocycles. The van der Waals surface area contributed by atoms with E-state index < -0.39 is 0 Å². The van der Waals surface area contributed by atoms with E-state index in [1.807, 2.05) is 0 Å². The molecular weight excluding hydrogens is 224 g/mol. The summed E-state index contributed by atoms with van der Waals surface area (Å²) in [7, 11) is 0. The van der Waals surface area contributed by atoms with Gasteiger partial charge in [0.1, 0.15) is 0 Å². The summed E-state index contributed by atoms with van der Waals surface area (Å²) in [5.74, 6) is 0.949. The highest BCUT2D eigenvalue weighted by atomic mass is 16.2. The number of nitrogens with two attached hydrogens (primary N) is 1. The van der Waals surface area contributed by atoms with Crippen LogP contribution in [0.4, 0.5) is 0 Å². The van der Waals surface area contributed by atoms with Crippen LogP contribution in [-0.2, 0) is 4.79 Å². The van der Waals surface area contributed by atoms with Gasteiger partial charge in [0.05, 0.1) is 0 Å². The first kappa shape index (κ1) is 13.9. The van der Waals surface area contributed by atoms with Gasteiger partial charge in [0.2, 0.25) is 5.91 Å². The second kappa shape index (κ2) is 5.60. The van der Waals surface area contributed by atoms with Crippen molar-refractivity contribution in [3.63, 3.8) is 0 Å². The molecule has 0 bridgehead atoms. The molecule has 0 aromatic carbocycles. The number of hydrogen-bond acceptors (Lipinski definition) is 2. The predicted molar refractivity (Wildman–Crippen MR) is 74.1 cm³/mol. The molecule has 0 aromatic rings. The molecule has 2 aliphatic rings. The summed E-state index contributed by atoms with van der Waals surface area (Å²) in [4.78, 5) is 12.4. The Kier molecular flexibility index (Phi) is 4.31. The van der Waals surface area contributed by atoms with E-state index in [2.05, 4.69) is 19.2 Å². The molecule has 0 saturated heterocycles. The summed E-state index contributed by atoms with van der Waals surface area (Å²) >= 11 is 0. The Bertz CT molecular complexity index is 297. The summed E-state index contributed by atoms with van der Waals surface area (Å²) in [6.07, 6.45) is 9.03. The van der Waals surface area contributed by atoms with Gasteiger partial charge >= 0.3 is 0 Å². The Morgan fingerprint density at radius 1 is 1.22 bits per heavy atom. The minimum Gasteiger partial charge on any atom is -0.351 e. The highest BCUT2D eigenvalue weighted by Gasteiger charge is 2.34. The first-order valence-corrected chi connectivity index (χ1v) is 7.58. The van der Waals surface area contributed by atoms with Crippen LogP contribution >= 0.6 is 0 Å². The lowest BCUT2D eigenvalue weighted by Gasteiger charge is -2.38. The fourth-order valence-corrected chi connectivity index (χ4v) is 3.51. The largest absolute Gasteiger partial charge is 0.351 e. The van der Waals surface area contributed by atoms with Gasteiger partial charge in [0.25, 0.3) is 0 Å². The van der Waals surface area contributed by atoms with E-state index in [9.17, 15) is 4.79 Å². The smallest absolute Gasteiger partial charge is 0.223 e. The number of carbonyl (C=O) groups is 1. The van der Waals surface area contributed by atoms with Gasteiger partial charge in [-0.05, 0) is 44.9 Å². The highest BCUT2D eigenvalue weighted by molar-refractivity contribution is 5.79. The van der Waals surface area contributed by atoms with E-state index in [4.69, 9.17) is 5.73 Å². The fourth-order valence-electron chi connectivity index (χ4n) is 3.51. The molecule has 2 aliphatic carbocycles. The average molecular weight is 252 g/mol. The maximum Gasteiger partial charge on any atom is 0.223 e. The first-order valence-electron chi connectivity index (χ1n) is 7.58. The van der Waals surface area contributed by atoms with Crippen molar-refractivity contribution in [2.75, 3.05) is 0 Å². The second-order valence-corrected chi connectivity index (χ2v) is 6.76. The quantitative estimate of drug-likeness (QED) is 0.793. The van der Waals surface area contributed by atoms with E-state index in [1.165, 1.54) is 19.3 Å². The fraction of sp³-hybridized carbons (Fsp3) is 0.933. The molecule has 3 heteroatoms. The lowest BCUT2D eigenvalue weighted by molar-refractivity contribution is -0.128. The minimum absolute atomic E-state index is 0.0537. The molecule has 3 N–H and O–H groups in total. The van der Waals surface area contributed by atoms with E-state index in [0.717, 1.165) is 32.1 Å². The van der Waals surface area contributed by atoms with Crippen LogP contribution in [-0.4, -0.2) is 17.5 Å². The Morgan fingerprint density at radius 3 is 2.50 bits per heavy atom. The van der Waals surface area contributed by atoms with Gasteiger partial charge in [-0.25, -0.2) is 0 Å². The average Bonchev–Trinajstić information content (AvgIpc) is 2.33. The van der Waals surface area contributed by atoms with Crippen LogP contribution < -0.4 is 11.1 Å². The van der Waals surface area contributed by atoms with E-state index in [0.29, 0.717) is 12.0 Å². The predicted octanol–water partition coefficient (Wildman–Crippen LogP) is 2.59. The number of carbonyl (C=O) groups excluding carboxylic acids is 1. The molecule has 3 atom stereocenters. The van der Waals surface area contributed by atoms with Gasteiger partial charge in [0.15, 0.2) is 0 Å². The van der Waals surface area contributed by atoms with E-state index in [1.54, 1.807) is 0 Å². The molecule has 3 nitrogen and oxygen atoms in total. The molecule has 2 saturated carbocycles. The highest BCUT2D eigenvalue weighted by Crippen LogP contribution is 2.31. The summed E-state index contributed by atoms with van der Waals surface area (Å²) < 4.78 is 0. The van der Waals surface area contributed by atoms with Crippen LogP contribution in [0.15, 0.2) is 0 Å². The van der Waals surface area contributed by atoms with Crippen LogP contribution in [0, 0.1) is 11.8 Å². The topological polar surface area (TPSA) is 55.1 Å². The van der Waals surface area contributed by atoms with Crippen molar-refractivity contribution in [1.82, 2.24) is 5.32 Å². The molecule has 3 unspecified atom stereocenters. The molecule has 104 valence electrons. The van der Waals surface area contributed by atoms with E-state index in [-0.39, 0.29) is 17.4 Å². The summed E-state index contributed by atoms with van der Waals surface area (Å²) in [6, 6.07) is 0.291. The van der Waals surface area contributed by atoms with Crippen molar-refractivity contribution in [3.8, 4) is 0 Å². The van der Waals surface area contributed by atoms with Crippen molar-refractivity contribution in [1.29, 1.82) is 0 Å². The SMILES string of the molecule is CC1CC(C(=O)NC2(C)CCCCC2)CCC1N. The van der Waals surface area contributed by atoms with Crippen LogP contribution in [0.5, 0.6) is 0 Å². The van der Waals surface area contributed by atoms with Gasteiger partial charge < -0.3 is 11.1 Å². The van der Waals surface area contributed by atoms with Gasteiger partial charge in [-0.15, -0.1) is 0 Å². The molecular formula is C15H28N2O. The second-order valence-electron chi connectivity index (χ2n) is 6.76. The molecule has 1 amide bonds. The summed E-state index contributed by atoms with van der Waals surface area (Å²) in [5.41, 5.74) is 6.07. The van der Waals surface area contributed by atoms with Gasteiger partial charge in [-0.1, -0.05) is 26.2 Å². The number of rotatable bonds is 2. The van der Waals surface area contributed by atoms with Gasteiger partial charge in [-0.3, -0.25) is 4.79 Å². The van der Waals surface area contributed by atoms with Gasteiger partial charge in [-0.2, -0.15) is 0 Å². The first-order chi connectivity index (χ1) is 8.50. The molecule has 18 heavy (non-hydrogen) atoms. The molecule has 2 rings (SSSR count). The lowest BCUT2D eigenvalue weighted by Crippen LogP contribution is -2.50. The lowest BCUT2D eigenvalue weighted by atomic mass is 9.77. The number of nitrogens with one attached hydrogen (secondary N) is 1. The van der Waals surface area contributed by atoms with Crippen LogP contribution in [0.2, 0.25) is 0 Å². The zero-order valence-corrected chi connectivity index (χ0v) is 11.9. The third-order valence-electron chi connectivity index (χ3n) is 4.99. The van der Waals surface area contributed by atoms with Crippen LogP contribution in [0.3, 0.4) is 0 Å². The van der Waals surface area contributed by atoms with Crippen molar-refractivity contribution >= 4 is 5.91 Å². The normalized spacial score (nSPS) is 36.1. The standard InChI is InChI=1S/C15H28N2O/c1-11-10-12(6-7-13(11)16)14(18)17-15(2)8-4-3-5-9-15/h11-13H,3-10,16H2,1-2H3,(H,17,18). The minimum atomic E-state index is 0.0537.